The van der Waals surface area contributed by atoms with Gasteiger partial charge < -0.3 is 14.5 Å². The smallest absolute Gasteiger partial charge is 0.262 e. The molecular formula is C26H36N4O3. The number of H-pyrrole nitrogens is 1. The maximum absolute atomic E-state index is 13.2. The summed E-state index contributed by atoms with van der Waals surface area (Å²) in [6, 6.07) is 6.13. The van der Waals surface area contributed by atoms with Crippen LogP contribution in [0.4, 0.5) is 0 Å². The Morgan fingerprint density at radius 3 is 2.67 bits per heavy atom. The van der Waals surface area contributed by atoms with Crippen molar-refractivity contribution in [1.82, 2.24) is 19.7 Å². The Labute approximate surface area is 195 Å². The van der Waals surface area contributed by atoms with Crippen LogP contribution in [0.5, 0.6) is 11.5 Å². The molecule has 7 nitrogen and oxygen atoms in total. The summed E-state index contributed by atoms with van der Waals surface area (Å²) in [4.78, 5) is 21.1. The second-order valence-corrected chi connectivity index (χ2v) is 9.01. The third-order valence-electron chi connectivity index (χ3n) is 6.34. The molecule has 0 amide bonds. The number of ether oxygens (including phenoxy) is 2. The van der Waals surface area contributed by atoms with Gasteiger partial charge in [-0.1, -0.05) is 65.4 Å². The van der Waals surface area contributed by atoms with Crippen LogP contribution in [0.3, 0.4) is 0 Å². The van der Waals surface area contributed by atoms with Gasteiger partial charge in [0.15, 0.2) is 17.1 Å². The van der Waals surface area contributed by atoms with Crippen molar-refractivity contribution in [1.29, 1.82) is 0 Å². The van der Waals surface area contributed by atoms with E-state index in [1.165, 1.54) is 25.7 Å². The van der Waals surface area contributed by atoms with Crippen molar-refractivity contribution in [2.24, 2.45) is 0 Å². The second-order valence-electron chi connectivity index (χ2n) is 9.01. The molecule has 0 bridgehead atoms. The van der Waals surface area contributed by atoms with E-state index in [9.17, 15) is 4.79 Å². The van der Waals surface area contributed by atoms with Gasteiger partial charge in [0.05, 0.1) is 11.7 Å². The van der Waals surface area contributed by atoms with Crippen molar-refractivity contribution >= 4 is 11.0 Å². The number of aryl methyl sites for hydroxylation is 1. The van der Waals surface area contributed by atoms with Gasteiger partial charge in [0.1, 0.15) is 11.2 Å². The Balaban J connectivity index is 1.69. The Morgan fingerprint density at radius 2 is 1.88 bits per heavy atom. The van der Waals surface area contributed by atoms with Gasteiger partial charge in [0.2, 0.25) is 6.79 Å². The monoisotopic (exact) mass is 452 g/mol. The molecule has 1 aromatic carbocycles. The summed E-state index contributed by atoms with van der Waals surface area (Å²) in [5.41, 5.74) is 2.52. The van der Waals surface area contributed by atoms with Crippen LogP contribution in [0.15, 0.2) is 23.0 Å². The molecule has 1 N–H and O–H groups in total. The van der Waals surface area contributed by atoms with E-state index in [0.717, 1.165) is 60.5 Å². The van der Waals surface area contributed by atoms with Crippen LogP contribution < -0.4 is 15.0 Å². The van der Waals surface area contributed by atoms with Crippen molar-refractivity contribution in [3.8, 4) is 11.5 Å². The molecule has 0 saturated carbocycles. The quantitative estimate of drug-likeness (QED) is 0.356. The van der Waals surface area contributed by atoms with Gasteiger partial charge in [-0.25, -0.2) is 9.67 Å². The first-order chi connectivity index (χ1) is 16.1. The molecule has 1 atom stereocenters. The van der Waals surface area contributed by atoms with Crippen LogP contribution in [-0.4, -0.2) is 26.5 Å². The van der Waals surface area contributed by atoms with Crippen LogP contribution in [0.25, 0.3) is 11.0 Å². The van der Waals surface area contributed by atoms with Crippen molar-refractivity contribution < 1.29 is 9.47 Å². The zero-order chi connectivity index (χ0) is 23.2. The zero-order valence-electron chi connectivity index (χ0n) is 20.2. The zero-order valence-corrected chi connectivity index (χ0v) is 20.2. The maximum Gasteiger partial charge on any atom is 0.262 e. The molecule has 33 heavy (non-hydrogen) atoms. The van der Waals surface area contributed by atoms with E-state index in [-0.39, 0.29) is 18.4 Å². The van der Waals surface area contributed by atoms with Crippen LogP contribution in [0.1, 0.15) is 95.3 Å². The predicted octanol–water partition coefficient (Wildman–Crippen LogP) is 5.70. The summed E-state index contributed by atoms with van der Waals surface area (Å²) in [7, 11) is 0. The Morgan fingerprint density at radius 1 is 1.03 bits per heavy atom. The van der Waals surface area contributed by atoms with Gasteiger partial charge in [0, 0.05) is 6.42 Å². The number of nitrogens with one attached hydrogen (secondary N) is 1. The first-order valence-electron chi connectivity index (χ1n) is 12.5. The second kappa shape index (κ2) is 10.9. The molecule has 2 aromatic heterocycles. The van der Waals surface area contributed by atoms with Crippen molar-refractivity contribution in [3.63, 3.8) is 0 Å². The standard InChI is InChI=1S/C26H36N4O3/c1-4-7-8-9-12-19(10-5-2)30-25-24(20(29-30)11-6-3)26(31)28-23(27-25)16-18-13-14-21-22(15-18)33-17-32-21/h13-15,19H,4-12,16-17H2,1-3H3,(H,27,28,31). The lowest BCUT2D eigenvalue weighted by Gasteiger charge is -2.17. The first-order valence-corrected chi connectivity index (χ1v) is 12.5. The lowest BCUT2D eigenvalue weighted by Crippen LogP contribution is -2.16. The fourth-order valence-electron chi connectivity index (χ4n) is 4.68. The highest BCUT2D eigenvalue weighted by atomic mass is 16.7. The van der Waals surface area contributed by atoms with Crippen LogP contribution in [-0.2, 0) is 12.8 Å². The number of benzene rings is 1. The molecule has 0 radical (unpaired) electrons. The number of aromatic nitrogens is 4. The Kier molecular flexibility index (Phi) is 7.68. The molecule has 1 aliphatic heterocycles. The summed E-state index contributed by atoms with van der Waals surface area (Å²) in [6.07, 6.45) is 10.3. The minimum atomic E-state index is -0.0910. The SMILES string of the molecule is CCCCCCC(CCC)n1nc(CCC)c2c(=O)[nH]c(Cc3ccc4c(c3)OCO4)nc21. The largest absolute Gasteiger partial charge is 0.454 e. The number of nitrogens with zero attached hydrogens (tertiary/aromatic N) is 3. The number of fused-ring (bicyclic) bond motifs is 2. The Bertz CT molecular complexity index is 1130. The highest BCUT2D eigenvalue weighted by Crippen LogP contribution is 2.33. The third kappa shape index (κ3) is 5.23. The molecule has 1 aliphatic rings. The van der Waals surface area contributed by atoms with Crippen molar-refractivity contribution in [2.45, 2.75) is 91.0 Å². The fraction of sp³-hybridized carbons (Fsp3) is 0.577. The van der Waals surface area contributed by atoms with E-state index < -0.39 is 0 Å². The van der Waals surface area contributed by atoms with Crippen molar-refractivity contribution in [3.05, 3.63) is 45.6 Å². The van der Waals surface area contributed by atoms with E-state index in [1.54, 1.807) is 0 Å². The minimum absolute atomic E-state index is 0.0910. The number of unbranched alkanes of at least 4 members (excludes halogenated alkanes) is 3. The Hall–Kier alpha value is -2.83. The number of rotatable bonds is 12. The van der Waals surface area contributed by atoms with Crippen LogP contribution in [0, 0.1) is 0 Å². The molecule has 3 aromatic rings. The summed E-state index contributed by atoms with van der Waals surface area (Å²) >= 11 is 0. The molecule has 0 aliphatic carbocycles. The van der Waals surface area contributed by atoms with Gasteiger partial charge in [0.25, 0.3) is 5.56 Å². The predicted molar refractivity (Wildman–Crippen MR) is 130 cm³/mol. The van der Waals surface area contributed by atoms with E-state index in [2.05, 4.69) is 30.4 Å². The summed E-state index contributed by atoms with van der Waals surface area (Å²) in [5, 5.41) is 5.60. The number of hydrogen-bond acceptors (Lipinski definition) is 5. The lowest BCUT2D eigenvalue weighted by molar-refractivity contribution is 0.174. The summed E-state index contributed by atoms with van der Waals surface area (Å²) in [6.45, 7) is 6.81. The average molecular weight is 453 g/mol. The molecule has 178 valence electrons. The fourth-order valence-corrected chi connectivity index (χ4v) is 4.68. The van der Waals surface area contributed by atoms with E-state index in [0.29, 0.717) is 17.6 Å². The minimum Gasteiger partial charge on any atom is -0.454 e. The average Bonchev–Trinajstić information content (AvgIpc) is 3.41. The molecule has 0 saturated heterocycles. The number of aromatic amines is 1. The maximum atomic E-state index is 13.2. The summed E-state index contributed by atoms with van der Waals surface area (Å²) < 4.78 is 13.0. The topological polar surface area (TPSA) is 82.0 Å². The third-order valence-corrected chi connectivity index (χ3v) is 6.34. The van der Waals surface area contributed by atoms with Gasteiger partial charge in [-0.2, -0.15) is 5.10 Å². The molecule has 4 rings (SSSR count). The van der Waals surface area contributed by atoms with Gasteiger partial charge >= 0.3 is 0 Å². The molecule has 7 heteroatoms. The molecular weight excluding hydrogens is 416 g/mol. The first kappa shape index (κ1) is 23.3. The molecule has 1 unspecified atom stereocenters. The molecule has 3 heterocycles. The van der Waals surface area contributed by atoms with Gasteiger partial charge in [-0.05, 0) is 37.0 Å². The lowest BCUT2D eigenvalue weighted by atomic mass is 10.0. The highest BCUT2D eigenvalue weighted by molar-refractivity contribution is 5.77. The van der Waals surface area contributed by atoms with Crippen LogP contribution in [0.2, 0.25) is 0 Å². The van der Waals surface area contributed by atoms with Gasteiger partial charge in [-0.15, -0.1) is 0 Å². The number of hydrogen-bond donors (Lipinski definition) is 1. The highest BCUT2D eigenvalue weighted by Gasteiger charge is 2.22. The van der Waals surface area contributed by atoms with Gasteiger partial charge in [-0.3, -0.25) is 4.79 Å². The van der Waals surface area contributed by atoms with E-state index >= 15 is 0 Å². The van der Waals surface area contributed by atoms with E-state index in [1.807, 2.05) is 18.2 Å². The van der Waals surface area contributed by atoms with E-state index in [4.69, 9.17) is 19.6 Å². The molecule has 0 fully saturated rings. The molecule has 0 spiro atoms. The van der Waals surface area contributed by atoms with Crippen molar-refractivity contribution in [2.75, 3.05) is 6.79 Å². The van der Waals surface area contributed by atoms with Crippen LogP contribution >= 0.6 is 0 Å². The normalized spacial score (nSPS) is 13.7. The summed E-state index contributed by atoms with van der Waals surface area (Å²) in [5.74, 6) is 2.14.